The molecule has 0 aromatic heterocycles. The fraction of sp³-hybridized carbons (Fsp3) is 0.833. The van der Waals surface area contributed by atoms with E-state index in [1.165, 1.54) is 0 Å². The van der Waals surface area contributed by atoms with Crippen LogP contribution in [0.1, 0.15) is 64.2 Å². The molecule has 0 saturated heterocycles. The maximum absolute atomic E-state index is 12.3. The van der Waals surface area contributed by atoms with Crippen molar-refractivity contribution in [3.63, 3.8) is 0 Å². The molecule has 6 heteroatoms. The normalized spacial score (nSPS) is 29.0. The van der Waals surface area contributed by atoms with Gasteiger partial charge in [0.15, 0.2) is 0 Å². The Hall–Kier alpha value is -1.59. The van der Waals surface area contributed by atoms with Crippen LogP contribution in [0.25, 0.3) is 0 Å². The Morgan fingerprint density at radius 2 is 1.38 bits per heavy atom. The van der Waals surface area contributed by atoms with Gasteiger partial charge in [-0.25, -0.2) is 4.79 Å². The summed E-state index contributed by atoms with van der Waals surface area (Å²) < 4.78 is 0. The van der Waals surface area contributed by atoms with Gasteiger partial charge in [-0.3, -0.25) is 9.59 Å². The highest BCUT2D eigenvalue weighted by molar-refractivity contribution is 5.85. The molecule has 0 spiro atoms. The van der Waals surface area contributed by atoms with E-state index in [4.69, 9.17) is 0 Å². The lowest BCUT2D eigenvalue weighted by Crippen LogP contribution is -2.47. The van der Waals surface area contributed by atoms with Crippen LogP contribution >= 0.6 is 0 Å². The molecule has 3 fully saturated rings. The number of nitrogens with one attached hydrogen (secondary N) is 2. The number of rotatable bonds is 6. The van der Waals surface area contributed by atoms with Gasteiger partial charge in [0.05, 0.1) is 0 Å². The summed E-state index contributed by atoms with van der Waals surface area (Å²) in [4.78, 5) is 35.7. The predicted molar refractivity (Wildman–Crippen MR) is 88.1 cm³/mol. The lowest BCUT2D eigenvalue weighted by Gasteiger charge is -2.30. The van der Waals surface area contributed by atoms with Crippen LogP contribution < -0.4 is 10.6 Å². The summed E-state index contributed by atoms with van der Waals surface area (Å²) in [6, 6.07) is -0.557. The Morgan fingerprint density at radius 1 is 0.792 bits per heavy atom. The molecule has 1 atom stereocenters. The molecule has 2 amide bonds. The second-order valence-electron chi connectivity index (χ2n) is 7.70. The van der Waals surface area contributed by atoms with Crippen molar-refractivity contribution in [3.05, 3.63) is 0 Å². The SMILES string of the molecule is O=C(NC1CCC(C(=O)NC(C(=O)O)C2CC2)CC1)C1CCCC1. The monoisotopic (exact) mass is 336 g/mol. The maximum atomic E-state index is 12.3. The minimum Gasteiger partial charge on any atom is -0.480 e. The molecule has 0 aromatic carbocycles. The van der Waals surface area contributed by atoms with E-state index < -0.39 is 12.0 Å². The van der Waals surface area contributed by atoms with Crippen molar-refractivity contribution in [1.82, 2.24) is 10.6 Å². The van der Waals surface area contributed by atoms with Gasteiger partial charge >= 0.3 is 5.97 Å². The van der Waals surface area contributed by atoms with E-state index in [0.717, 1.165) is 64.2 Å². The van der Waals surface area contributed by atoms with Gasteiger partial charge in [0, 0.05) is 17.9 Å². The highest BCUT2D eigenvalue weighted by Gasteiger charge is 2.39. The van der Waals surface area contributed by atoms with Crippen molar-refractivity contribution in [2.75, 3.05) is 0 Å². The molecule has 3 rings (SSSR count). The van der Waals surface area contributed by atoms with Crippen molar-refractivity contribution >= 4 is 17.8 Å². The van der Waals surface area contributed by atoms with E-state index in [-0.39, 0.29) is 35.6 Å². The van der Waals surface area contributed by atoms with Crippen molar-refractivity contribution in [1.29, 1.82) is 0 Å². The lowest BCUT2D eigenvalue weighted by atomic mass is 9.85. The summed E-state index contributed by atoms with van der Waals surface area (Å²) >= 11 is 0. The number of carbonyl (C=O) groups excluding carboxylic acids is 2. The molecular weight excluding hydrogens is 308 g/mol. The van der Waals surface area contributed by atoms with Crippen LogP contribution in [0.5, 0.6) is 0 Å². The van der Waals surface area contributed by atoms with Crippen LogP contribution in [-0.2, 0) is 14.4 Å². The summed E-state index contributed by atoms with van der Waals surface area (Å²) in [6.07, 6.45) is 9.12. The first-order valence-corrected chi connectivity index (χ1v) is 9.38. The molecule has 3 aliphatic carbocycles. The largest absolute Gasteiger partial charge is 0.480 e. The second kappa shape index (κ2) is 7.53. The van der Waals surface area contributed by atoms with Crippen molar-refractivity contribution in [3.8, 4) is 0 Å². The molecule has 3 aliphatic rings. The van der Waals surface area contributed by atoms with Crippen molar-refractivity contribution in [2.24, 2.45) is 17.8 Å². The van der Waals surface area contributed by atoms with E-state index in [9.17, 15) is 19.5 Å². The minimum atomic E-state index is -0.927. The summed E-state index contributed by atoms with van der Waals surface area (Å²) in [7, 11) is 0. The third kappa shape index (κ3) is 4.28. The molecule has 1 unspecified atom stereocenters. The molecule has 3 saturated carbocycles. The van der Waals surface area contributed by atoms with Gasteiger partial charge in [0.25, 0.3) is 0 Å². The molecule has 0 radical (unpaired) electrons. The molecule has 0 heterocycles. The second-order valence-corrected chi connectivity index (χ2v) is 7.70. The number of carboxylic acid groups (broad SMARTS) is 1. The van der Waals surface area contributed by atoms with Crippen molar-refractivity contribution in [2.45, 2.75) is 76.3 Å². The topological polar surface area (TPSA) is 95.5 Å². The third-order valence-electron chi connectivity index (χ3n) is 5.83. The Morgan fingerprint density at radius 3 is 1.92 bits per heavy atom. The smallest absolute Gasteiger partial charge is 0.326 e. The van der Waals surface area contributed by atoms with Gasteiger partial charge in [0.2, 0.25) is 11.8 Å². The zero-order valence-electron chi connectivity index (χ0n) is 14.1. The molecule has 24 heavy (non-hydrogen) atoms. The van der Waals surface area contributed by atoms with Crippen LogP contribution in [0.4, 0.5) is 0 Å². The molecule has 6 nitrogen and oxygen atoms in total. The number of carboxylic acids is 1. The maximum Gasteiger partial charge on any atom is 0.326 e. The van der Waals surface area contributed by atoms with E-state index in [1.54, 1.807) is 0 Å². The van der Waals surface area contributed by atoms with Gasteiger partial charge in [0.1, 0.15) is 6.04 Å². The summed E-state index contributed by atoms with van der Waals surface area (Å²) in [6.45, 7) is 0. The number of carbonyl (C=O) groups is 3. The molecule has 0 bridgehead atoms. The number of amides is 2. The highest BCUT2D eigenvalue weighted by atomic mass is 16.4. The first kappa shape index (κ1) is 17.2. The molecule has 0 aliphatic heterocycles. The molecule has 3 N–H and O–H groups in total. The van der Waals surface area contributed by atoms with E-state index >= 15 is 0 Å². The average Bonchev–Trinajstić information content (AvgIpc) is 3.25. The number of hydrogen-bond acceptors (Lipinski definition) is 3. The van der Waals surface area contributed by atoms with Gasteiger partial charge < -0.3 is 15.7 Å². The Bertz CT molecular complexity index is 489. The van der Waals surface area contributed by atoms with Crippen LogP contribution in [0.3, 0.4) is 0 Å². The molecular formula is C18H28N2O4. The summed E-state index contributed by atoms with van der Waals surface area (Å²) in [5.74, 6) is -0.710. The van der Waals surface area contributed by atoms with Crippen LogP contribution in [0, 0.1) is 17.8 Å². The van der Waals surface area contributed by atoms with Gasteiger partial charge in [-0.2, -0.15) is 0 Å². The summed E-state index contributed by atoms with van der Waals surface area (Å²) in [5, 5.41) is 15.1. The fourth-order valence-electron chi connectivity index (χ4n) is 4.09. The summed E-state index contributed by atoms with van der Waals surface area (Å²) in [5.41, 5.74) is 0. The molecule has 0 aromatic rings. The quantitative estimate of drug-likeness (QED) is 0.689. The van der Waals surface area contributed by atoms with Crippen LogP contribution in [0.2, 0.25) is 0 Å². The Kier molecular flexibility index (Phi) is 5.41. The van der Waals surface area contributed by atoms with Crippen LogP contribution in [-0.4, -0.2) is 35.0 Å². The van der Waals surface area contributed by atoms with Gasteiger partial charge in [-0.05, 0) is 57.3 Å². The minimum absolute atomic E-state index is 0.105. The average molecular weight is 336 g/mol. The first-order chi connectivity index (χ1) is 11.5. The number of hydrogen-bond donors (Lipinski definition) is 3. The Labute approximate surface area is 142 Å². The van der Waals surface area contributed by atoms with Gasteiger partial charge in [-0.1, -0.05) is 12.8 Å². The number of aliphatic carboxylic acids is 1. The third-order valence-corrected chi connectivity index (χ3v) is 5.83. The molecule has 134 valence electrons. The van der Waals surface area contributed by atoms with Crippen LogP contribution in [0.15, 0.2) is 0 Å². The zero-order chi connectivity index (χ0) is 17.1. The first-order valence-electron chi connectivity index (χ1n) is 9.38. The highest BCUT2D eigenvalue weighted by Crippen LogP contribution is 2.33. The van der Waals surface area contributed by atoms with Crippen molar-refractivity contribution < 1.29 is 19.5 Å². The predicted octanol–water partition coefficient (Wildman–Crippen LogP) is 1.83. The van der Waals surface area contributed by atoms with E-state index in [2.05, 4.69) is 10.6 Å². The standard InChI is InChI=1S/C18H28N2O4/c21-16(12-3-1-2-4-12)19-14-9-7-13(8-10-14)17(22)20-15(18(23)24)11-5-6-11/h11-15H,1-10H2,(H,19,21)(H,20,22)(H,23,24). The Balaban J connectivity index is 1.41. The fourth-order valence-corrected chi connectivity index (χ4v) is 4.09. The van der Waals surface area contributed by atoms with E-state index in [0.29, 0.717) is 0 Å². The van der Waals surface area contributed by atoms with Gasteiger partial charge in [-0.15, -0.1) is 0 Å². The zero-order valence-corrected chi connectivity index (χ0v) is 14.1. The van der Waals surface area contributed by atoms with E-state index in [1.807, 2.05) is 0 Å². The lowest BCUT2D eigenvalue weighted by molar-refractivity contribution is -0.143.